The number of piperidine rings is 1. The maximum atomic E-state index is 14.2. The molecule has 3 aromatic rings. The summed E-state index contributed by atoms with van der Waals surface area (Å²) in [7, 11) is 0. The first-order chi connectivity index (χ1) is 14.0. The van der Waals surface area contributed by atoms with Crippen molar-refractivity contribution in [3.05, 3.63) is 75.8 Å². The summed E-state index contributed by atoms with van der Waals surface area (Å²) in [5, 5.41) is 10.6. The fraction of sp³-hybridized carbons (Fsp3) is 0.273. The predicted molar refractivity (Wildman–Crippen MR) is 115 cm³/mol. The summed E-state index contributed by atoms with van der Waals surface area (Å²) >= 11 is 3.23. The second-order valence-corrected chi connectivity index (χ2v) is 8.21. The summed E-state index contributed by atoms with van der Waals surface area (Å²) in [6, 6.07) is 12.6. The number of carbonyl (C=O) groups is 1. The van der Waals surface area contributed by atoms with E-state index in [1.54, 1.807) is 18.3 Å². The average Bonchev–Trinajstić information content (AvgIpc) is 3.16. The van der Waals surface area contributed by atoms with Crippen molar-refractivity contribution in [3.8, 4) is 5.69 Å². The topological polar surface area (TPSA) is 59.0 Å². The van der Waals surface area contributed by atoms with Crippen LogP contribution in [0, 0.1) is 12.7 Å². The van der Waals surface area contributed by atoms with Gasteiger partial charge in [-0.05, 0) is 68.8 Å². The zero-order valence-corrected chi connectivity index (χ0v) is 17.7. The van der Waals surface area contributed by atoms with Crippen LogP contribution < -0.4 is 10.6 Å². The zero-order valence-electron chi connectivity index (χ0n) is 16.1. The van der Waals surface area contributed by atoms with Crippen molar-refractivity contribution in [2.24, 2.45) is 0 Å². The van der Waals surface area contributed by atoms with Crippen LogP contribution in [-0.2, 0) is 0 Å². The van der Waals surface area contributed by atoms with Gasteiger partial charge in [-0.2, -0.15) is 5.10 Å². The van der Waals surface area contributed by atoms with Crippen LogP contribution in [0.2, 0.25) is 0 Å². The molecule has 0 atom stereocenters. The minimum Gasteiger partial charge on any atom is -0.319 e. The smallest absolute Gasteiger partial charge is 0.259 e. The molecule has 0 radical (unpaired) electrons. The van der Waals surface area contributed by atoms with E-state index in [9.17, 15) is 9.18 Å². The molecule has 2 aromatic carbocycles. The average molecular weight is 457 g/mol. The summed E-state index contributed by atoms with van der Waals surface area (Å²) in [4.78, 5) is 13.1. The van der Waals surface area contributed by atoms with Crippen molar-refractivity contribution >= 4 is 27.5 Å². The Morgan fingerprint density at radius 3 is 2.76 bits per heavy atom. The van der Waals surface area contributed by atoms with Crippen LogP contribution in [0.5, 0.6) is 0 Å². The standard InChI is InChI=1S/C22H22BrFN4O/c1-14-3-2-4-17(11-14)28-21(15-7-9-25-10-8-15)18(13-26-28)22(29)27-20-6-5-16(23)12-19(20)24/h2-6,11-13,15,25H,7-10H2,1H3,(H,27,29). The maximum absolute atomic E-state index is 14.2. The number of halogens is 2. The van der Waals surface area contributed by atoms with Gasteiger partial charge >= 0.3 is 0 Å². The van der Waals surface area contributed by atoms with Crippen molar-refractivity contribution in [2.75, 3.05) is 18.4 Å². The molecule has 1 aliphatic heterocycles. The van der Waals surface area contributed by atoms with E-state index < -0.39 is 5.82 Å². The Bertz CT molecular complexity index is 1040. The molecule has 1 aliphatic rings. The number of anilines is 1. The molecule has 1 saturated heterocycles. The van der Waals surface area contributed by atoms with E-state index in [2.05, 4.69) is 31.7 Å². The molecule has 4 rings (SSSR count). The number of hydrogen-bond donors (Lipinski definition) is 2. The normalized spacial score (nSPS) is 14.7. The van der Waals surface area contributed by atoms with Gasteiger partial charge in [-0.1, -0.05) is 28.1 Å². The van der Waals surface area contributed by atoms with Gasteiger partial charge in [-0.15, -0.1) is 0 Å². The molecular formula is C22H22BrFN4O. The number of aromatic nitrogens is 2. The highest BCUT2D eigenvalue weighted by molar-refractivity contribution is 9.10. The Hall–Kier alpha value is -2.51. The molecule has 0 aliphatic carbocycles. The molecule has 1 amide bonds. The molecule has 0 spiro atoms. The predicted octanol–water partition coefficient (Wildman–Crippen LogP) is 4.80. The molecule has 1 aromatic heterocycles. The van der Waals surface area contributed by atoms with E-state index in [-0.39, 0.29) is 17.5 Å². The molecule has 1 fully saturated rings. The highest BCUT2D eigenvalue weighted by Gasteiger charge is 2.27. The summed E-state index contributed by atoms with van der Waals surface area (Å²) in [5.41, 5.74) is 3.57. The van der Waals surface area contributed by atoms with Crippen molar-refractivity contribution in [1.29, 1.82) is 0 Å². The van der Waals surface area contributed by atoms with Gasteiger partial charge < -0.3 is 10.6 Å². The molecule has 2 heterocycles. The van der Waals surface area contributed by atoms with Gasteiger partial charge in [0.1, 0.15) is 5.82 Å². The third-order valence-electron chi connectivity index (χ3n) is 5.20. The van der Waals surface area contributed by atoms with Gasteiger partial charge in [0.25, 0.3) is 5.91 Å². The Morgan fingerprint density at radius 1 is 1.24 bits per heavy atom. The number of nitrogens with zero attached hydrogens (tertiary/aromatic N) is 2. The Morgan fingerprint density at radius 2 is 2.03 bits per heavy atom. The van der Waals surface area contributed by atoms with Crippen LogP contribution in [-0.4, -0.2) is 28.8 Å². The van der Waals surface area contributed by atoms with Crippen LogP contribution in [0.1, 0.15) is 40.4 Å². The fourth-order valence-corrected chi connectivity index (χ4v) is 4.10. The summed E-state index contributed by atoms with van der Waals surface area (Å²) in [6.07, 6.45) is 3.43. The van der Waals surface area contributed by atoms with E-state index >= 15 is 0 Å². The number of rotatable bonds is 4. The Labute approximate surface area is 177 Å². The molecule has 0 bridgehead atoms. The van der Waals surface area contributed by atoms with Gasteiger partial charge in [-0.3, -0.25) is 4.79 Å². The van der Waals surface area contributed by atoms with Gasteiger partial charge in [-0.25, -0.2) is 9.07 Å². The number of benzene rings is 2. The number of nitrogens with one attached hydrogen (secondary N) is 2. The van der Waals surface area contributed by atoms with Gasteiger partial charge in [0.2, 0.25) is 0 Å². The molecular weight excluding hydrogens is 435 g/mol. The van der Waals surface area contributed by atoms with Crippen molar-refractivity contribution < 1.29 is 9.18 Å². The third-order valence-corrected chi connectivity index (χ3v) is 5.70. The zero-order chi connectivity index (χ0) is 20.4. The highest BCUT2D eigenvalue weighted by Crippen LogP contribution is 2.31. The van der Waals surface area contributed by atoms with Crippen LogP contribution in [0.4, 0.5) is 10.1 Å². The monoisotopic (exact) mass is 456 g/mol. The minimum absolute atomic E-state index is 0.151. The van der Waals surface area contributed by atoms with Crippen molar-refractivity contribution in [2.45, 2.75) is 25.7 Å². The van der Waals surface area contributed by atoms with E-state index in [4.69, 9.17) is 0 Å². The summed E-state index contributed by atoms with van der Waals surface area (Å²) in [6.45, 7) is 3.82. The molecule has 5 nitrogen and oxygen atoms in total. The SMILES string of the molecule is Cc1cccc(-n2ncc(C(=O)Nc3ccc(Br)cc3F)c2C2CCNCC2)c1. The first-order valence-corrected chi connectivity index (χ1v) is 10.4. The van der Waals surface area contributed by atoms with Gasteiger partial charge in [0.05, 0.1) is 28.8 Å². The molecule has 7 heteroatoms. The van der Waals surface area contributed by atoms with Crippen LogP contribution in [0.3, 0.4) is 0 Å². The van der Waals surface area contributed by atoms with Crippen molar-refractivity contribution in [1.82, 2.24) is 15.1 Å². The molecule has 29 heavy (non-hydrogen) atoms. The van der Waals surface area contributed by atoms with E-state index in [1.165, 1.54) is 6.07 Å². The first-order valence-electron chi connectivity index (χ1n) is 9.65. The lowest BCUT2D eigenvalue weighted by Gasteiger charge is -2.24. The van der Waals surface area contributed by atoms with E-state index in [0.717, 1.165) is 42.9 Å². The lowest BCUT2D eigenvalue weighted by atomic mass is 9.91. The van der Waals surface area contributed by atoms with Crippen LogP contribution >= 0.6 is 15.9 Å². The number of amides is 1. The Kier molecular flexibility index (Phi) is 5.78. The van der Waals surface area contributed by atoms with Crippen LogP contribution in [0.15, 0.2) is 53.1 Å². The maximum Gasteiger partial charge on any atom is 0.259 e. The fourth-order valence-electron chi connectivity index (χ4n) is 3.77. The summed E-state index contributed by atoms with van der Waals surface area (Å²) < 4.78 is 16.7. The molecule has 0 unspecified atom stereocenters. The van der Waals surface area contributed by atoms with Gasteiger partial charge in [0.15, 0.2) is 0 Å². The quantitative estimate of drug-likeness (QED) is 0.592. The Balaban J connectivity index is 1.73. The van der Waals surface area contributed by atoms with E-state index in [0.29, 0.717) is 10.0 Å². The second kappa shape index (κ2) is 8.47. The molecule has 0 saturated carbocycles. The number of aryl methyl sites for hydroxylation is 1. The lowest BCUT2D eigenvalue weighted by molar-refractivity contribution is 0.102. The number of carbonyl (C=O) groups excluding carboxylic acids is 1. The molecule has 150 valence electrons. The van der Waals surface area contributed by atoms with E-state index in [1.807, 2.05) is 35.9 Å². The molecule has 2 N–H and O–H groups in total. The summed E-state index contributed by atoms with van der Waals surface area (Å²) in [5.74, 6) is -0.629. The number of hydrogen-bond acceptors (Lipinski definition) is 3. The highest BCUT2D eigenvalue weighted by atomic mass is 79.9. The van der Waals surface area contributed by atoms with Crippen LogP contribution in [0.25, 0.3) is 5.69 Å². The first kappa shape index (κ1) is 19.8. The lowest BCUT2D eigenvalue weighted by Crippen LogP contribution is -2.29. The second-order valence-electron chi connectivity index (χ2n) is 7.30. The van der Waals surface area contributed by atoms with Crippen molar-refractivity contribution in [3.63, 3.8) is 0 Å². The van der Waals surface area contributed by atoms with Gasteiger partial charge in [0, 0.05) is 10.4 Å². The minimum atomic E-state index is -0.484. The largest absolute Gasteiger partial charge is 0.319 e. The third kappa shape index (κ3) is 4.26.